The normalized spacial score (nSPS) is 11.8. The number of methoxy groups -OCH3 is 4. The van der Waals surface area contributed by atoms with Crippen LogP contribution >= 0.6 is 0 Å². The van der Waals surface area contributed by atoms with E-state index in [1.54, 1.807) is 24.3 Å². The number of benzene rings is 2. The van der Waals surface area contributed by atoms with Gasteiger partial charge in [0, 0.05) is 11.6 Å². The van der Waals surface area contributed by atoms with E-state index in [2.05, 4.69) is 0 Å². The van der Waals surface area contributed by atoms with Gasteiger partial charge in [0.15, 0.2) is 23.0 Å². The lowest BCUT2D eigenvalue weighted by Gasteiger charge is -2.12. The van der Waals surface area contributed by atoms with Gasteiger partial charge < -0.3 is 24.1 Å². The third-order valence-electron chi connectivity index (χ3n) is 3.81. The topological polar surface area (TPSA) is 91.3 Å². The average Bonchev–Trinajstić information content (AvgIpc) is 2.65. The predicted octanol–water partition coefficient (Wildman–Crippen LogP) is 2.98. The van der Waals surface area contributed by atoms with Crippen molar-refractivity contribution >= 4 is 15.9 Å². The van der Waals surface area contributed by atoms with Crippen LogP contribution in [0.1, 0.15) is 11.1 Å². The smallest absolute Gasteiger partial charge is 0.214 e. The summed E-state index contributed by atoms with van der Waals surface area (Å²) < 4.78 is 46.2. The van der Waals surface area contributed by atoms with E-state index < -0.39 is 9.84 Å². The Morgan fingerprint density at radius 2 is 1.70 bits per heavy atom. The van der Waals surface area contributed by atoms with Gasteiger partial charge in [0.1, 0.15) is 0 Å². The molecule has 0 unspecified atom stereocenters. The van der Waals surface area contributed by atoms with Crippen molar-refractivity contribution in [3.8, 4) is 23.0 Å². The Labute approximate surface area is 158 Å². The minimum atomic E-state index is -3.81. The standard InChI is InChI=1S/C19H22O7S/c1-23-16-9-8-13(10-15(16)20)12-27(21,22)18(25-3)11-14-6-5-7-17(24-2)19(14)26-4/h5-11,20H,12H2,1-4H3. The number of para-hydroxylation sites is 1. The van der Waals surface area contributed by atoms with E-state index >= 15 is 0 Å². The van der Waals surface area contributed by atoms with Crippen LogP contribution in [0.3, 0.4) is 0 Å². The van der Waals surface area contributed by atoms with E-state index in [0.29, 0.717) is 22.6 Å². The van der Waals surface area contributed by atoms with Gasteiger partial charge >= 0.3 is 0 Å². The molecule has 0 saturated carbocycles. The van der Waals surface area contributed by atoms with Crippen molar-refractivity contribution < 1.29 is 32.5 Å². The molecule has 0 atom stereocenters. The first-order chi connectivity index (χ1) is 12.9. The third-order valence-corrected chi connectivity index (χ3v) is 5.43. The second-order valence-electron chi connectivity index (χ2n) is 5.52. The summed E-state index contributed by atoms with van der Waals surface area (Å²) in [5.74, 6) is 0.643. The van der Waals surface area contributed by atoms with E-state index in [0.717, 1.165) is 0 Å². The molecule has 146 valence electrons. The number of hydrogen-bond acceptors (Lipinski definition) is 7. The zero-order valence-electron chi connectivity index (χ0n) is 15.6. The molecule has 0 aromatic heterocycles. The molecule has 27 heavy (non-hydrogen) atoms. The summed E-state index contributed by atoms with van der Waals surface area (Å²) in [7, 11) is 1.84. The van der Waals surface area contributed by atoms with Crippen molar-refractivity contribution in [1.29, 1.82) is 0 Å². The summed E-state index contributed by atoms with van der Waals surface area (Å²) >= 11 is 0. The molecule has 0 aliphatic heterocycles. The fourth-order valence-corrected chi connectivity index (χ4v) is 3.87. The largest absolute Gasteiger partial charge is 0.504 e. The quantitative estimate of drug-likeness (QED) is 0.688. The molecule has 0 heterocycles. The second kappa shape index (κ2) is 8.68. The number of aromatic hydroxyl groups is 1. The summed E-state index contributed by atoms with van der Waals surface area (Å²) in [6.07, 6.45) is 1.38. The first-order valence-corrected chi connectivity index (χ1v) is 9.56. The Bertz CT molecular complexity index is 933. The molecule has 2 aromatic carbocycles. The molecule has 0 spiro atoms. The highest BCUT2D eigenvalue weighted by molar-refractivity contribution is 7.94. The highest BCUT2D eigenvalue weighted by atomic mass is 32.2. The summed E-state index contributed by atoms with van der Waals surface area (Å²) in [6, 6.07) is 9.52. The molecule has 0 aliphatic carbocycles. The van der Waals surface area contributed by atoms with Crippen LogP contribution in [0, 0.1) is 0 Å². The fourth-order valence-electron chi connectivity index (χ4n) is 2.54. The summed E-state index contributed by atoms with van der Waals surface area (Å²) in [5.41, 5.74) is 0.892. The number of phenols is 1. The van der Waals surface area contributed by atoms with Crippen LogP contribution in [0.4, 0.5) is 0 Å². The van der Waals surface area contributed by atoms with E-state index in [-0.39, 0.29) is 22.3 Å². The van der Waals surface area contributed by atoms with Gasteiger partial charge in [-0.05, 0) is 23.8 Å². The van der Waals surface area contributed by atoms with Crippen molar-refractivity contribution in [2.75, 3.05) is 28.4 Å². The van der Waals surface area contributed by atoms with Gasteiger partial charge in [0.25, 0.3) is 0 Å². The molecule has 2 rings (SSSR count). The van der Waals surface area contributed by atoms with Gasteiger partial charge in [-0.25, -0.2) is 8.42 Å². The van der Waals surface area contributed by atoms with Crippen molar-refractivity contribution in [2.24, 2.45) is 0 Å². The molecule has 0 aliphatic rings. The molecule has 0 amide bonds. The van der Waals surface area contributed by atoms with Crippen LogP contribution in [-0.4, -0.2) is 42.0 Å². The highest BCUT2D eigenvalue weighted by Gasteiger charge is 2.22. The highest BCUT2D eigenvalue weighted by Crippen LogP contribution is 2.33. The van der Waals surface area contributed by atoms with Gasteiger partial charge in [-0.1, -0.05) is 18.2 Å². The average molecular weight is 394 g/mol. The van der Waals surface area contributed by atoms with Crippen LogP contribution < -0.4 is 14.2 Å². The van der Waals surface area contributed by atoms with E-state index in [1.807, 2.05) is 0 Å². The minimum absolute atomic E-state index is 0.136. The number of ether oxygens (including phenoxy) is 4. The van der Waals surface area contributed by atoms with Crippen LogP contribution in [-0.2, 0) is 20.3 Å². The van der Waals surface area contributed by atoms with Gasteiger partial charge in [-0.2, -0.15) is 0 Å². The molecule has 8 heteroatoms. The molecule has 1 N–H and O–H groups in total. The monoisotopic (exact) mass is 394 g/mol. The Hall–Kier alpha value is -2.87. The zero-order valence-corrected chi connectivity index (χ0v) is 16.4. The van der Waals surface area contributed by atoms with Gasteiger partial charge in [-0.15, -0.1) is 0 Å². The molecule has 0 bridgehead atoms. The summed E-state index contributed by atoms with van der Waals surface area (Å²) in [5, 5.41) is 9.62. The lowest BCUT2D eigenvalue weighted by atomic mass is 10.2. The van der Waals surface area contributed by atoms with E-state index in [1.165, 1.54) is 46.6 Å². The van der Waals surface area contributed by atoms with Crippen molar-refractivity contribution in [2.45, 2.75) is 5.75 Å². The molecule has 7 nitrogen and oxygen atoms in total. The zero-order chi connectivity index (χ0) is 20.0. The molecule has 0 fully saturated rings. The number of rotatable bonds is 8. The molecular weight excluding hydrogens is 372 g/mol. The van der Waals surface area contributed by atoms with Gasteiger partial charge in [0.2, 0.25) is 14.9 Å². The Morgan fingerprint density at radius 3 is 2.26 bits per heavy atom. The predicted molar refractivity (Wildman–Crippen MR) is 102 cm³/mol. The van der Waals surface area contributed by atoms with E-state index in [4.69, 9.17) is 18.9 Å². The number of phenolic OH excluding ortho intramolecular Hbond substituents is 1. The number of sulfone groups is 1. The summed E-state index contributed by atoms with van der Waals surface area (Å²) in [6.45, 7) is 0. The maximum atomic E-state index is 12.8. The van der Waals surface area contributed by atoms with Crippen LogP contribution in [0.25, 0.3) is 6.08 Å². The maximum absolute atomic E-state index is 12.8. The van der Waals surface area contributed by atoms with Crippen molar-refractivity contribution in [3.05, 3.63) is 52.6 Å². The van der Waals surface area contributed by atoms with E-state index in [9.17, 15) is 13.5 Å². The number of hydrogen-bond donors (Lipinski definition) is 1. The fraction of sp³-hybridized carbons (Fsp3) is 0.263. The van der Waals surface area contributed by atoms with Crippen molar-refractivity contribution in [3.63, 3.8) is 0 Å². The lowest BCUT2D eigenvalue weighted by Crippen LogP contribution is -2.09. The Morgan fingerprint density at radius 1 is 1.00 bits per heavy atom. The van der Waals surface area contributed by atoms with Crippen LogP contribution in [0.15, 0.2) is 41.5 Å². The van der Waals surface area contributed by atoms with Crippen LogP contribution in [0.5, 0.6) is 23.0 Å². The Balaban J connectivity index is 2.41. The van der Waals surface area contributed by atoms with Gasteiger partial charge in [0.05, 0.1) is 34.2 Å². The molecule has 2 aromatic rings. The van der Waals surface area contributed by atoms with Crippen molar-refractivity contribution in [1.82, 2.24) is 0 Å². The maximum Gasteiger partial charge on any atom is 0.214 e. The second-order valence-corrected chi connectivity index (χ2v) is 7.44. The summed E-state index contributed by atoms with van der Waals surface area (Å²) in [4.78, 5) is 0. The first kappa shape index (κ1) is 20.4. The Kier molecular flexibility index (Phi) is 6.57. The minimum Gasteiger partial charge on any atom is -0.504 e. The lowest BCUT2D eigenvalue weighted by molar-refractivity contribution is 0.319. The molecular formula is C19H22O7S. The molecule has 0 saturated heterocycles. The van der Waals surface area contributed by atoms with Crippen LogP contribution in [0.2, 0.25) is 0 Å². The third kappa shape index (κ3) is 4.65. The SMILES string of the molecule is COC(=Cc1cccc(OC)c1OC)S(=O)(=O)Cc1ccc(OC)c(O)c1. The molecule has 0 radical (unpaired) electrons. The first-order valence-electron chi connectivity index (χ1n) is 7.91. The van der Waals surface area contributed by atoms with Gasteiger partial charge in [-0.3, -0.25) is 0 Å².